The van der Waals surface area contributed by atoms with Gasteiger partial charge in [0.15, 0.2) is 0 Å². The van der Waals surface area contributed by atoms with Gasteiger partial charge in [0.2, 0.25) is 5.91 Å². The highest BCUT2D eigenvalue weighted by molar-refractivity contribution is 5.92. The van der Waals surface area contributed by atoms with E-state index in [0.29, 0.717) is 12.6 Å². The lowest BCUT2D eigenvalue weighted by molar-refractivity contribution is -0.127. The maximum absolute atomic E-state index is 13.0. The molecule has 112 valence electrons. The Morgan fingerprint density at radius 3 is 2.41 bits per heavy atom. The summed E-state index contributed by atoms with van der Waals surface area (Å²) in [6.45, 7) is 0.531. The third-order valence-electron chi connectivity index (χ3n) is 3.75. The van der Waals surface area contributed by atoms with Crippen LogP contribution in [0.5, 0.6) is 0 Å². The highest BCUT2D eigenvalue weighted by atomic mass is 19.1. The van der Waals surface area contributed by atoms with Crippen LogP contribution in [0.2, 0.25) is 0 Å². The second kappa shape index (κ2) is 6.56. The normalized spacial score (nSPS) is 14.2. The molecule has 0 spiro atoms. The number of hydrogen-bond acceptors (Lipinski definition) is 1. The molecule has 0 unspecified atom stereocenters. The van der Waals surface area contributed by atoms with Crippen LogP contribution in [-0.2, 0) is 11.3 Å². The molecule has 0 saturated heterocycles. The van der Waals surface area contributed by atoms with E-state index in [1.807, 2.05) is 41.3 Å². The van der Waals surface area contributed by atoms with E-state index in [9.17, 15) is 9.18 Å². The molecule has 3 heteroatoms. The maximum Gasteiger partial charge on any atom is 0.247 e. The highest BCUT2D eigenvalue weighted by Gasteiger charge is 2.31. The number of carbonyl (C=O) groups excluding carboxylic acids is 1. The highest BCUT2D eigenvalue weighted by Crippen LogP contribution is 2.28. The van der Waals surface area contributed by atoms with Crippen molar-refractivity contribution in [1.29, 1.82) is 0 Å². The minimum atomic E-state index is -0.253. The van der Waals surface area contributed by atoms with Gasteiger partial charge >= 0.3 is 0 Å². The minimum absolute atomic E-state index is 0.00989. The van der Waals surface area contributed by atoms with Crippen molar-refractivity contribution in [2.75, 3.05) is 0 Å². The summed E-state index contributed by atoms with van der Waals surface area (Å²) >= 11 is 0. The van der Waals surface area contributed by atoms with Crippen LogP contribution in [0, 0.1) is 5.82 Å². The van der Waals surface area contributed by atoms with Crippen molar-refractivity contribution >= 4 is 12.0 Å². The lowest BCUT2D eigenvalue weighted by Gasteiger charge is -2.21. The van der Waals surface area contributed by atoms with Gasteiger partial charge in [0.05, 0.1) is 0 Å². The molecule has 2 aromatic carbocycles. The second-order valence-corrected chi connectivity index (χ2v) is 5.57. The molecule has 0 bridgehead atoms. The van der Waals surface area contributed by atoms with Gasteiger partial charge in [-0.1, -0.05) is 42.5 Å². The Balaban J connectivity index is 1.69. The molecule has 0 atom stereocenters. The van der Waals surface area contributed by atoms with Crippen LogP contribution >= 0.6 is 0 Å². The van der Waals surface area contributed by atoms with Crippen molar-refractivity contribution < 1.29 is 9.18 Å². The molecule has 22 heavy (non-hydrogen) atoms. The van der Waals surface area contributed by atoms with Crippen LogP contribution in [0.25, 0.3) is 6.08 Å². The predicted molar refractivity (Wildman–Crippen MR) is 85.4 cm³/mol. The monoisotopic (exact) mass is 295 g/mol. The number of rotatable bonds is 5. The molecule has 0 aliphatic heterocycles. The SMILES string of the molecule is O=C(/C=C/c1ccccc1)N(Cc1ccc(F)cc1)C1CC1. The van der Waals surface area contributed by atoms with E-state index >= 15 is 0 Å². The van der Waals surface area contributed by atoms with E-state index < -0.39 is 0 Å². The quantitative estimate of drug-likeness (QED) is 0.763. The minimum Gasteiger partial charge on any atom is -0.332 e. The maximum atomic E-state index is 13.0. The molecule has 3 rings (SSSR count). The molecule has 1 fully saturated rings. The zero-order chi connectivity index (χ0) is 15.4. The van der Waals surface area contributed by atoms with E-state index in [-0.39, 0.29) is 11.7 Å². The Bertz CT molecular complexity index is 660. The third kappa shape index (κ3) is 3.82. The van der Waals surface area contributed by atoms with E-state index in [1.54, 1.807) is 18.2 Å². The van der Waals surface area contributed by atoms with Crippen LogP contribution in [-0.4, -0.2) is 16.8 Å². The second-order valence-electron chi connectivity index (χ2n) is 5.57. The molecule has 2 aromatic rings. The van der Waals surface area contributed by atoms with Gasteiger partial charge in [-0.05, 0) is 42.2 Å². The smallest absolute Gasteiger partial charge is 0.247 e. The summed E-state index contributed by atoms with van der Waals surface area (Å²) in [4.78, 5) is 14.3. The standard InChI is InChI=1S/C19H18FNO/c20-17-9-6-16(7-10-17)14-21(18-11-12-18)19(22)13-8-15-4-2-1-3-5-15/h1-10,13,18H,11-12,14H2/b13-8+. The molecular weight excluding hydrogens is 277 g/mol. The number of benzene rings is 2. The lowest BCUT2D eigenvalue weighted by Crippen LogP contribution is -2.31. The van der Waals surface area contributed by atoms with E-state index in [4.69, 9.17) is 0 Å². The van der Waals surface area contributed by atoms with Gasteiger partial charge in [-0.25, -0.2) is 4.39 Å². The van der Waals surface area contributed by atoms with Crippen LogP contribution in [0.3, 0.4) is 0 Å². The van der Waals surface area contributed by atoms with Crippen LogP contribution in [0.4, 0.5) is 4.39 Å². The molecule has 1 aliphatic rings. The summed E-state index contributed by atoms with van der Waals surface area (Å²) < 4.78 is 13.0. The van der Waals surface area contributed by atoms with Crippen molar-refractivity contribution in [3.63, 3.8) is 0 Å². The van der Waals surface area contributed by atoms with Gasteiger partial charge in [0.25, 0.3) is 0 Å². The summed E-state index contributed by atoms with van der Waals surface area (Å²) in [5.74, 6) is -0.243. The first-order valence-corrected chi connectivity index (χ1v) is 7.50. The molecule has 1 aliphatic carbocycles. The van der Waals surface area contributed by atoms with E-state index in [0.717, 1.165) is 24.0 Å². The number of amides is 1. The summed E-state index contributed by atoms with van der Waals surface area (Å²) in [6, 6.07) is 16.4. The molecule has 1 saturated carbocycles. The van der Waals surface area contributed by atoms with Gasteiger partial charge in [-0.2, -0.15) is 0 Å². The molecule has 1 amide bonds. The average molecular weight is 295 g/mol. The van der Waals surface area contributed by atoms with Crippen LogP contribution in [0.1, 0.15) is 24.0 Å². The van der Waals surface area contributed by atoms with Crippen molar-refractivity contribution in [1.82, 2.24) is 4.90 Å². The third-order valence-corrected chi connectivity index (χ3v) is 3.75. The Kier molecular flexibility index (Phi) is 4.33. The zero-order valence-electron chi connectivity index (χ0n) is 12.3. The van der Waals surface area contributed by atoms with E-state index in [1.165, 1.54) is 12.1 Å². The van der Waals surface area contributed by atoms with Crippen molar-refractivity contribution in [3.8, 4) is 0 Å². The summed E-state index contributed by atoms with van der Waals surface area (Å²) in [5.41, 5.74) is 1.96. The zero-order valence-corrected chi connectivity index (χ0v) is 12.3. The van der Waals surface area contributed by atoms with Gasteiger partial charge in [0.1, 0.15) is 5.82 Å². The van der Waals surface area contributed by atoms with Crippen molar-refractivity contribution in [2.45, 2.75) is 25.4 Å². The summed E-state index contributed by atoms with van der Waals surface area (Å²) in [7, 11) is 0. The molecule has 0 N–H and O–H groups in total. The first-order valence-electron chi connectivity index (χ1n) is 7.50. The van der Waals surface area contributed by atoms with Crippen molar-refractivity contribution in [2.24, 2.45) is 0 Å². The summed E-state index contributed by atoms with van der Waals surface area (Å²) in [5, 5.41) is 0. The van der Waals surface area contributed by atoms with Gasteiger partial charge in [-0.3, -0.25) is 4.79 Å². The molecule has 0 radical (unpaired) electrons. The predicted octanol–water partition coefficient (Wildman–Crippen LogP) is 4.03. The first-order chi connectivity index (χ1) is 10.7. The van der Waals surface area contributed by atoms with Gasteiger partial charge < -0.3 is 4.90 Å². The van der Waals surface area contributed by atoms with Crippen LogP contribution in [0.15, 0.2) is 60.7 Å². The summed E-state index contributed by atoms with van der Waals surface area (Å²) in [6.07, 6.45) is 5.55. The van der Waals surface area contributed by atoms with Crippen LogP contribution < -0.4 is 0 Å². The largest absolute Gasteiger partial charge is 0.332 e. The number of halogens is 1. The van der Waals surface area contributed by atoms with E-state index in [2.05, 4.69) is 0 Å². The Morgan fingerprint density at radius 1 is 1.09 bits per heavy atom. The first kappa shape index (κ1) is 14.5. The Labute approximate surface area is 129 Å². The lowest BCUT2D eigenvalue weighted by atomic mass is 10.2. The fourth-order valence-electron chi connectivity index (χ4n) is 2.39. The van der Waals surface area contributed by atoms with Gasteiger partial charge in [0, 0.05) is 18.7 Å². The molecular formula is C19H18FNO. The molecule has 0 aromatic heterocycles. The number of carbonyl (C=O) groups is 1. The fourth-order valence-corrected chi connectivity index (χ4v) is 2.39. The topological polar surface area (TPSA) is 20.3 Å². The Morgan fingerprint density at radius 2 is 1.77 bits per heavy atom. The average Bonchev–Trinajstić information content (AvgIpc) is 3.38. The molecule has 0 heterocycles. The number of hydrogen-bond donors (Lipinski definition) is 0. The van der Waals surface area contributed by atoms with Gasteiger partial charge in [-0.15, -0.1) is 0 Å². The molecule has 2 nitrogen and oxygen atoms in total. The van der Waals surface area contributed by atoms with Crippen molar-refractivity contribution in [3.05, 3.63) is 77.6 Å². The number of nitrogens with zero attached hydrogens (tertiary/aromatic N) is 1. The Hall–Kier alpha value is -2.42. The fraction of sp³-hybridized carbons (Fsp3) is 0.211.